The maximum atomic E-state index is 13.5. The van der Waals surface area contributed by atoms with Crippen molar-refractivity contribution < 1.29 is 27.5 Å². The quantitative estimate of drug-likeness (QED) is 0.529. The van der Waals surface area contributed by atoms with Gasteiger partial charge in [-0.05, 0) is 58.7 Å². The Morgan fingerprint density at radius 1 is 0.640 bits per heavy atom. The highest BCUT2D eigenvalue weighted by molar-refractivity contribution is 5.97. The third-order valence-electron chi connectivity index (χ3n) is 3.63. The smallest absolute Gasteiger partial charge is 0.151 e. The van der Waals surface area contributed by atoms with Crippen LogP contribution in [-0.4, -0.2) is 11.4 Å². The molecule has 0 aliphatic rings. The third kappa shape index (κ3) is 3.38. The lowest BCUT2D eigenvalue weighted by Gasteiger charge is -2.13. The van der Waals surface area contributed by atoms with E-state index < -0.39 is 23.3 Å². The van der Waals surface area contributed by atoms with Gasteiger partial charge in [-0.1, -0.05) is 0 Å². The van der Waals surface area contributed by atoms with Crippen LogP contribution in [0, 0.1) is 23.3 Å². The minimum atomic E-state index is -0.867. The molecule has 126 valence electrons. The van der Waals surface area contributed by atoms with Gasteiger partial charge in [-0.2, -0.15) is 0 Å². The van der Waals surface area contributed by atoms with Crippen LogP contribution >= 0.6 is 0 Å². The number of phenolic OH excluding ortho intramolecular Hbond substituents is 1. The van der Waals surface area contributed by atoms with Gasteiger partial charge in [-0.25, -0.2) is 17.6 Å². The number of hydrogen-bond donors (Lipinski definition) is 1. The molecule has 3 aromatic carbocycles. The van der Waals surface area contributed by atoms with E-state index in [1.165, 1.54) is 0 Å². The first-order chi connectivity index (χ1) is 11.9. The standard InChI is InChI=1S/C19H10F4O2/c20-12-1-10(2-13(21)5-12)17-7-16(25)8-18(19(17)9-24)11-3-14(22)6-15(23)4-11/h1-9,25H. The number of benzene rings is 3. The Bertz CT molecular complexity index is 870. The van der Waals surface area contributed by atoms with Gasteiger partial charge >= 0.3 is 0 Å². The predicted octanol–water partition coefficient (Wildman–Crippen LogP) is 5.10. The maximum absolute atomic E-state index is 13.5. The number of hydrogen-bond acceptors (Lipinski definition) is 2. The van der Waals surface area contributed by atoms with Gasteiger partial charge in [0.1, 0.15) is 29.0 Å². The fourth-order valence-electron chi connectivity index (χ4n) is 2.66. The van der Waals surface area contributed by atoms with Crippen molar-refractivity contribution >= 4 is 6.29 Å². The van der Waals surface area contributed by atoms with Gasteiger partial charge in [0, 0.05) is 17.7 Å². The highest BCUT2D eigenvalue weighted by atomic mass is 19.1. The second-order valence-electron chi connectivity index (χ2n) is 5.39. The van der Waals surface area contributed by atoms with Crippen molar-refractivity contribution in [3.63, 3.8) is 0 Å². The first-order valence-electron chi connectivity index (χ1n) is 7.12. The fourth-order valence-corrected chi connectivity index (χ4v) is 2.66. The molecule has 0 saturated heterocycles. The predicted molar refractivity (Wildman–Crippen MR) is 84.2 cm³/mol. The van der Waals surface area contributed by atoms with E-state index in [1.54, 1.807) is 0 Å². The molecule has 0 heterocycles. The van der Waals surface area contributed by atoms with Crippen LogP contribution in [0.2, 0.25) is 0 Å². The lowest BCUT2D eigenvalue weighted by Crippen LogP contribution is -1.95. The van der Waals surface area contributed by atoms with Crippen molar-refractivity contribution in [3.8, 4) is 28.0 Å². The van der Waals surface area contributed by atoms with E-state index in [2.05, 4.69) is 0 Å². The molecule has 0 bridgehead atoms. The van der Waals surface area contributed by atoms with Gasteiger partial charge in [0.05, 0.1) is 0 Å². The molecule has 0 radical (unpaired) electrons. The number of aromatic hydroxyl groups is 1. The van der Waals surface area contributed by atoms with E-state index in [0.29, 0.717) is 18.4 Å². The first kappa shape index (κ1) is 16.7. The second-order valence-corrected chi connectivity index (χ2v) is 5.39. The van der Waals surface area contributed by atoms with Crippen molar-refractivity contribution in [2.45, 2.75) is 0 Å². The Kier molecular flexibility index (Phi) is 4.27. The van der Waals surface area contributed by atoms with Crippen LogP contribution in [0.25, 0.3) is 22.3 Å². The molecular weight excluding hydrogens is 336 g/mol. The monoisotopic (exact) mass is 346 g/mol. The van der Waals surface area contributed by atoms with Gasteiger partial charge in [0.15, 0.2) is 6.29 Å². The molecule has 0 saturated carbocycles. The molecule has 0 amide bonds. The van der Waals surface area contributed by atoms with Crippen LogP contribution in [0.5, 0.6) is 5.75 Å². The normalized spacial score (nSPS) is 10.7. The molecule has 0 aromatic heterocycles. The minimum Gasteiger partial charge on any atom is -0.508 e. The number of rotatable bonds is 3. The average molecular weight is 346 g/mol. The molecule has 25 heavy (non-hydrogen) atoms. The largest absolute Gasteiger partial charge is 0.508 e. The van der Waals surface area contributed by atoms with Crippen LogP contribution in [0.15, 0.2) is 48.5 Å². The summed E-state index contributed by atoms with van der Waals surface area (Å²) in [6, 6.07) is 7.57. The zero-order chi connectivity index (χ0) is 18.1. The van der Waals surface area contributed by atoms with Gasteiger partial charge in [0.25, 0.3) is 0 Å². The lowest BCUT2D eigenvalue weighted by molar-refractivity contribution is 0.112. The highest BCUT2D eigenvalue weighted by Gasteiger charge is 2.16. The topological polar surface area (TPSA) is 37.3 Å². The Labute approximate surface area is 140 Å². The second kappa shape index (κ2) is 6.39. The SMILES string of the molecule is O=Cc1c(-c2cc(F)cc(F)c2)cc(O)cc1-c1cc(F)cc(F)c1. The van der Waals surface area contributed by atoms with E-state index in [9.17, 15) is 27.5 Å². The summed E-state index contributed by atoms with van der Waals surface area (Å²) in [7, 11) is 0. The maximum Gasteiger partial charge on any atom is 0.151 e. The summed E-state index contributed by atoms with van der Waals surface area (Å²) in [5.41, 5.74) is 0.0242. The van der Waals surface area contributed by atoms with Crippen LogP contribution in [0.1, 0.15) is 10.4 Å². The summed E-state index contributed by atoms with van der Waals surface area (Å²) in [4.78, 5) is 11.6. The lowest BCUT2D eigenvalue weighted by atomic mass is 9.92. The molecule has 0 atom stereocenters. The molecule has 2 nitrogen and oxygen atoms in total. The summed E-state index contributed by atoms with van der Waals surface area (Å²) < 4.78 is 54.0. The molecule has 0 aliphatic carbocycles. The Morgan fingerprint density at radius 3 is 1.32 bits per heavy atom. The van der Waals surface area contributed by atoms with Crippen molar-refractivity contribution in [3.05, 3.63) is 77.4 Å². The molecule has 0 fully saturated rings. The van der Waals surface area contributed by atoms with Gasteiger partial charge in [-0.3, -0.25) is 4.79 Å². The highest BCUT2D eigenvalue weighted by Crippen LogP contribution is 2.36. The summed E-state index contributed by atoms with van der Waals surface area (Å²) in [6.45, 7) is 0. The van der Waals surface area contributed by atoms with Crippen molar-refractivity contribution in [1.29, 1.82) is 0 Å². The molecule has 0 aliphatic heterocycles. The van der Waals surface area contributed by atoms with E-state index in [0.717, 1.165) is 36.4 Å². The molecule has 0 unspecified atom stereocenters. The fraction of sp³-hybridized carbons (Fsp3) is 0. The Hall–Kier alpha value is -3.15. The van der Waals surface area contributed by atoms with Crippen LogP contribution in [-0.2, 0) is 0 Å². The molecule has 0 spiro atoms. The van der Waals surface area contributed by atoms with Crippen molar-refractivity contribution in [2.24, 2.45) is 0 Å². The van der Waals surface area contributed by atoms with Gasteiger partial charge < -0.3 is 5.11 Å². The molecule has 3 rings (SSSR count). The molecule has 6 heteroatoms. The zero-order valence-corrected chi connectivity index (χ0v) is 12.6. The Balaban J connectivity index is 2.31. The van der Waals surface area contributed by atoms with Gasteiger partial charge in [-0.15, -0.1) is 0 Å². The summed E-state index contributed by atoms with van der Waals surface area (Å²) in [5, 5.41) is 9.92. The van der Waals surface area contributed by atoms with Gasteiger partial charge in [0.2, 0.25) is 0 Å². The first-order valence-corrected chi connectivity index (χ1v) is 7.12. The van der Waals surface area contributed by atoms with E-state index in [4.69, 9.17) is 0 Å². The van der Waals surface area contributed by atoms with Crippen molar-refractivity contribution in [1.82, 2.24) is 0 Å². The number of carbonyl (C=O) groups is 1. The Morgan fingerprint density at radius 2 is 1.00 bits per heavy atom. The third-order valence-corrected chi connectivity index (χ3v) is 3.63. The number of aldehydes is 1. The molecular formula is C19H10F4O2. The van der Waals surface area contributed by atoms with Crippen LogP contribution in [0.4, 0.5) is 17.6 Å². The number of halogens is 4. The number of carbonyl (C=O) groups excluding carboxylic acids is 1. The zero-order valence-electron chi connectivity index (χ0n) is 12.6. The van der Waals surface area contributed by atoms with E-state index >= 15 is 0 Å². The number of phenols is 1. The average Bonchev–Trinajstić information content (AvgIpc) is 2.52. The summed E-state index contributed by atoms with van der Waals surface area (Å²) in [6.07, 6.45) is 0.399. The summed E-state index contributed by atoms with van der Waals surface area (Å²) >= 11 is 0. The van der Waals surface area contributed by atoms with Crippen LogP contribution in [0.3, 0.4) is 0 Å². The van der Waals surface area contributed by atoms with Crippen molar-refractivity contribution in [2.75, 3.05) is 0 Å². The molecule has 3 aromatic rings. The van der Waals surface area contributed by atoms with Crippen LogP contribution < -0.4 is 0 Å². The van der Waals surface area contributed by atoms with E-state index in [1.807, 2.05) is 0 Å². The summed E-state index contributed by atoms with van der Waals surface area (Å²) in [5.74, 6) is -3.80. The minimum absolute atomic E-state index is 0.00799. The molecule has 1 N–H and O–H groups in total. The van der Waals surface area contributed by atoms with E-state index in [-0.39, 0.29) is 33.6 Å².